The molecule has 2 heterocycles. The van der Waals surface area contributed by atoms with Gasteiger partial charge in [0, 0.05) is 17.5 Å². The summed E-state index contributed by atoms with van der Waals surface area (Å²) in [6.07, 6.45) is 2.05. The van der Waals surface area contributed by atoms with E-state index in [1.807, 2.05) is 0 Å². The van der Waals surface area contributed by atoms with Crippen molar-refractivity contribution in [3.8, 4) is 11.4 Å². The molecule has 4 aromatic rings. The number of fused-ring (bicyclic) bond motifs is 1. The third-order valence-corrected chi connectivity index (χ3v) is 7.30. The molecule has 0 spiro atoms. The maximum Gasteiger partial charge on any atom is 0.187 e. The summed E-state index contributed by atoms with van der Waals surface area (Å²) < 4.78 is 52.7. The summed E-state index contributed by atoms with van der Waals surface area (Å²) >= 11 is 5.63. The van der Waals surface area contributed by atoms with Crippen molar-refractivity contribution in [3.63, 3.8) is 0 Å². The smallest absolute Gasteiger partial charge is 0.187 e. The average molecular weight is 476 g/mol. The highest BCUT2D eigenvalue weighted by Crippen LogP contribution is 2.43. The number of halogens is 3. The number of rotatable bonds is 5. The van der Waals surface area contributed by atoms with Crippen LogP contribution < -0.4 is 5.73 Å². The number of benzene rings is 2. The number of aromatic amines is 1. The molecule has 0 unspecified atom stereocenters. The van der Waals surface area contributed by atoms with Gasteiger partial charge in [0.2, 0.25) is 0 Å². The third kappa shape index (κ3) is 3.69. The molecule has 1 aliphatic carbocycles. The molecule has 0 amide bonds. The maximum atomic E-state index is 14.0. The summed E-state index contributed by atoms with van der Waals surface area (Å²) in [5.41, 5.74) is 8.40. The van der Waals surface area contributed by atoms with Crippen molar-refractivity contribution in [1.29, 1.82) is 0 Å². The van der Waals surface area contributed by atoms with Gasteiger partial charge in [-0.25, -0.2) is 27.2 Å². The lowest BCUT2D eigenvalue weighted by Gasteiger charge is -2.09. The Kier molecular flexibility index (Phi) is 4.86. The Morgan fingerprint density at radius 3 is 2.50 bits per heavy atom. The van der Waals surface area contributed by atoms with Gasteiger partial charge in [-0.2, -0.15) is 5.10 Å². The van der Waals surface area contributed by atoms with Crippen LogP contribution in [0, 0.1) is 11.6 Å². The predicted molar refractivity (Wildman–Crippen MR) is 116 cm³/mol. The van der Waals surface area contributed by atoms with Gasteiger partial charge in [0.05, 0.1) is 21.9 Å². The Bertz CT molecular complexity index is 1470. The number of aromatic nitrogens is 4. The topological polar surface area (TPSA) is 115 Å². The van der Waals surface area contributed by atoms with E-state index in [9.17, 15) is 17.2 Å². The highest BCUT2D eigenvalue weighted by molar-refractivity contribution is 7.90. The lowest BCUT2D eigenvalue weighted by Crippen LogP contribution is -2.08. The summed E-state index contributed by atoms with van der Waals surface area (Å²) in [4.78, 5) is 8.50. The molecule has 1 saturated carbocycles. The number of nitrogens with zero attached hydrogens (tertiary/aromatic N) is 3. The molecular formula is C21H16ClF2N5O2S. The first-order valence-corrected chi connectivity index (χ1v) is 11.7. The number of hydrogen-bond donors (Lipinski definition) is 2. The molecule has 1 fully saturated rings. The van der Waals surface area contributed by atoms with Crippen LogP contribution in [-0.2, 0) is 15.6 Å². The van der Waals surface area contributed by atoms with Gasteiger partial charge in [-0.1, -0.05) is 35.9 Å². The number of hydrogen-bond acceptors (Lipinski definition) is 6. The van der Waals surface area contributed by atoms with Gasteiger partial charge >= 0.3 is 0 Å². The fourth-order valence-corrected chi connectivity index (χ4v) is 5.21. The zero-order chi connectivity index (χ0) is 22.6. The Hall–Kier alpha value is -3.11. The molecule has 0 aliphatic heterocycles. The number of nitrogens with one attached hydrogen (secondary N) is 1. The van der Waals surface area contributed by atoms with Crippen molar-refractivity contribution in [3.05, 3.63) is 64.3 Å². The molecular weight excluding hydrogens is 460 g/mol. The molecule has 0 atom stereocenters. The van der Waals surface area contributed by atoms with Crippen LogP contribution in [0.5, 0.6) is 0 Å². The molecule has 7 nitrogen and oxygen atoms in total. The molecule has 11 heteroatoms. The summed E-state index contributed by atoms with van der Waals surface area (Å²) in [5.74, 6) is -1.47. The highest BCUT2D eigenvalue weighted by Gasteiger charge is 2.30. The lowest BCUT2D eigenvalue weighted by molar-refractivity contribution is 0.549. The quantitative estimate of drug-likeness (QED) is 0.327. The molecule has 32 heavy (non-hydrogen) atoms. The van der Waals surface area contributed by atoms with E-state index in [-0.39, 0.29) is 0 Å². The summed E-state index contributed by atoms with van der Waals surface area (Å²) in [5, 5.41) is 7.15. The van der Waals surface area contributed by atoms with Gasteiger partial charge in [0.25, 0.3) is 0 Å². The first kappa shape index (κ1) is 20.8. The van der Waals surface area contributed by atoms with Gasteiger partial charge < -0.3 is 5.73 Å². The van der Waals surface area contributed by atoms with Gasteiger partial charge in [-0.3, -0.25) is 5.10 Å². The zero-order valence-electron chi connectivity index (χ0n) is 16.4. The van der Waals surface area contributed by atoms with Crippen molar-refractivity contribution in [2.24, 2.45) is 0 Å². The minimum atomic E-state index is -4.08. The van der Waals surface area contributed by atoms with Crippen molar-refractivity contribution in [1.82, 2.24) is 20.2 Å². The Balaban J connectivity index is 1.46. The minimum Gasteiger partial charge on any atom is -0.383 e. The second kappa shape index (κ2) is 7.49. The van der Waals surface area contributed by atoms with Gasteiger partial charge in [0.15, 0.2) is 21.3 Å². The number of nitrogen functional groups attached to an aromatic ring is 1. The zero-order valence-corrected chi connectivity index (χ0v) is 18.0. The summed E-state index contributed by atoms with van der Waals surface area (Å²) in [6, 6.07) is 7.82. The van der Waals surface area contributed by atoms with Gasteiger partial charge in [-0.05, 0) is 24.5 Å². The molecule has 0 saturated heterocycles. The average Bonchev–Trinajstić information content (AvgIpc) is 3.53. The first-order valence-electron chi connectivity index (χ1n) is 9.71. The fourth-order valence-electron chi connectivity index (χ4n) is 3.55. The van der Waals surface area contributed by atoms with Crippen LogP contribution in [0.25, 0.3) is 22.4 Å². The minimum absolute atomic E-state index is 0.320. The molecule has 5 rings (SSSR count). The second-order valence-electron chi connectivity index (χ2n) is 7.70. The number of sulfone groups is 1. The molecule has 2 aromatic heterocycles. The Morgan fingerprint density at radius 1 is 1.09 bits per heavy atom. The van der Waals surface area contributed by atoms with E-state index in [1.54, 1.807) is 24.3 Å². The van der Waals surface area contributed by atoms with E-state index in [0.717, 1.165) is 30.0 Å². The van der Waals surface area contributed by atoms with Crippen molar-refractivity contribution in [2.75, 3.05) is 5.73 Å². The number of nitrogens with two attached hydrogens (primary N) is 1. The van der Waals surface area contributed by atoms with Crippen molar-refractivity contribution < 1.29 is 17.2 Å². The fraction of sp³-hybridized carbons (Fsp3) is 0.190. The largest absolute Gasteiger partial charge is 0.383 e. The molecule has 1 aliphatic rings. The van der Waals surface area contributed by atoms with Crippen LogP contribution in [0.3, 0.4) is 0 Å². The summed E-state index contributed by atoms with van der Waals surface area (Å²) in [7, 11) is -4.08. The molecule has 0 bridgehead atoms. The van der Waals surface area contributed by atoms with Crippen LogP contribution in [-0.4, -0.2) is 28.6 Å². The monoisotopic (exact) mass is 475 g/mol. The number of H-pyrrole nitrogens is 1. The van der Waals surface area contributed by atoms with E-state index in [2.05, 4.69) is 20.2 Å². The van der Waals surface area contributed by atoms with Crippen LogP contribution in [0.4, 0.5) is 14.6 Å². The van der Waals surface area contributed by atoms with Crippen LogP contribution >= 0.6 is 11.6 Å². The van der Waals surface area contributed by atoms with Crippen LogP contribution in [0.2, 0.25) is 5.02 Å². The SMILES string of the molecule is Nc1[nH]nc2nc(-c3ccc(CS(=O)(=O)c4cc(Cl)c(F)cc4F)cc3)nc(C3CC3)c12. The lowest BCUT2D eigenvalue weighted by atomic mass is 10.1. The van der Waals surface area contributed by atoms with Crippen molar-refractivity contribution in [2.45, 2.75) is 29.4 Å². The summed E-state index contributed by atoms with van der Waals surface area (Å²) in [6.45, 7) is 0. The van der Waals surface area contributed by atoms with E-state index in [4.69, 9.17) is 17.3 Å². The van der Waals surface area contributed by atoms with Crippen molar-refractivity contribution >= 4 is 38.3 Å². The van der Waals surface area contributed by atoms with E-state index in [0.29, 0.717) is 40.4 Å². The normalized spacial score (nSPS) is 14.2. The Labute approximate surface area is 186 Å². The van der Waals surface area contributed by atoms with E-state index >= 15 is 0 Å². The molecule has 164 valence electrons. The van der Waals surface area contributed by atoms with Crippen LogP contribution in [0.1, 0.15) is 30.0 Å². The number of anilines is 1. The van der Waals surface area contributed by atoms with Crippen LogP contribution in [0.15, 0.2) is 41.3 Å². The van der Waals surface area contributed by atoms with Gasteiger partial charge in [0.1, 0.15) is 22.3 Å². The standard InChI is InChI=1S/C21H16ClF2N5O2S/c22-13-7-16(15(24)8-14(13)23)32(30,31)9-10-1-3-12(4-2-10)20-26-18(11-5-6-11)17-19(25)28-29-21(17)27-20/h1-4,7-8,11H,5-6,9H2,(H3,25,26,27,28,29). The third-order valence-electron chi connectivity index (χ3n) is 5.31. The molecule has 2 aromatic carbocycles. The first-order chi connectivity index (χ1) is 15.2. The van der Waals surface area contributed by atoms with E-state index < -0.39 is 37.1 Å². The Morgan fingerprint density at radius 2 is 1.81 bits per heavy atom. The predicted octanol–water partition coefficient (Wildman–Crippen LogP) is 4.39. The molecule has 0 radical (unpaired) electrons. The second-order valence-corrected chi connectivity index (χ2v) is 10.1. The van der Waals surface area contributed by atoms with Gasteiger partial charge in [-0.15, -0.1) is 0 Å². The van der Waals surface area contributed by atoms with E-state index in [1.165, 1.54) is 0 Å². The maximum absolute atomic E-state index is 14.0. The molecule has 3 N–H and O–H groups in total. The highest BCUT2D eigenvalue weighted by atomic mass is 35.5.